The lowest BCUT2D eigenvalue weighted by atomic mass is 10.1. The maximum Gasteiger partial charge on any atom is 0.294 e. The molecular weight excluding hydrogens is 459 g/mol. The number of nitrogens with zero attached hydrogens (tertiary/aromatic N) is 6. The van der Waals surface area contributed by atoms with Gasteiger partial charge in [0.05, 0.1) is 6.21 Å². The summed E-state index contributed by atoms with van der Waals surface area (Å²) < 4.78 is 20.3. The Labute approximate surface area is 176 Å². The van der Waals surface area contributed by atoms with Crippen LogP contribution in [0, 0.1) is 5.82 Å². The topological polar surface area (TPSA) is 137 Å². The highest BCUT2D eigenvalue weighted by Crippen LogP contribution is 2.26. The van der Waals surface area contributed by atoms with Gasteiger partial charge in [0.2, 0.25) is 11.6 Å². The summed E-state index contributed by atoms with van der Waals surface area (Å²) in [4.78, 5) is 12.7. The summed E-state index contributed by atoms with van der Waals surface area (Å²) in [6.45, 7) is 0. The maximum absolute atomic E-state index is 13.9. The molecule has 0 aliphatic carbocycles. The van der Waals surface area contributed by atoms with Crippen molar-refractivity contribution in [3.05, 3.63) is 70.1 Å². The molecule has 0 unspecified atom stereocenters. The number of halogens is 2. The molecule has 10 nitrogen and oxygen atoms in total. The van der Waals surface area contributed by atoms with Gasteiger partial charge in [-0.15, -0.1) is 5.10 Å². The zero-order chi connectivity index (χ0) is 21.1. The van der Waals surface area contributed by atoms with E-state index in [1.54, 1.807) is 30.3 Å². The molecule has 2 aromatic carbocycles. The lowest BCUT2D eigenvalue weighted by molar-refractivity contribution is 0.0950. The fourth-order valence-electron chi connectivity index (χ4n) is 2.60. The third-order valence-electron chi connectivity index (χ3n) is 3.96. The fourth-order valence-corrected chi connectivity index (χ4v) is 2.93. The van der Waals surface area contributed by atoms with E-state index in [2.05, 4.69) is 51.7 Å². The van der Waals surface area contributed by atoms with E-state index in [0.29, 0.717) is 15.7 Å². The summed E-state index contributed by atoms with van der Waals surface area (Å²) in [6, 6.07) is 13.4. The second-order valence-corrected chi connectivity index (χ2v) is 6.82. The van der Waals surface area contributed by atoms with Gasteiger partial charge >= 0.3 is 0 Å². The number of nitrogens with one attached hydrogen (secondary N) is 1. The van der Waals surface area contributed by atoms with Crippen molar-refractivity contribution in [2.24, 2.45) is 5.10 Å². The maximum atomic E-state index is 13.9. The molecule has 0 aliphatic rings. The van der Waals surface area contributed by atoms with Gasteiger partial charge in [-0.3, -0.25) is 4.79 Å². The van der Waals surface area contributed by atoms with E-state index in [4.69, 9.17) is 5.73 Å². The van der Waals surface area contributed by atoms with E-state index in [1.807, 2.05) is 6.07 Å². The molecule has 2 heterocycles. The van der Waals surface area contributed by atoms with Crippen LogP contribution in [0.1, 0.15) is 16.1 Å². The normalized spacial score (nSPS) is 11.1. The number of carbonyl (C=O) groups is 1. The zero-order valence-corrected chi connectivity index (χ0v) is 16.6. The van der Waals surface area contributed by atoms with Crippen LogP contribution in [0.4, 0.5) is 10.2 Å². The molecule has 0 spiro atoms. The molecule has 0 bridgehead atoms. The second-order valence-electron chi connectivity index (χ2n) is 5.90. The number of nitrogens with two attached hydrogens (primary N) is 1. The van der Waals surface area contributed by atoms with Crippen LogP contribution in [-0.4, -0.2) is 37.4 Å². The van der Waals surface area contributed by atoms with Crippen LogP contribution in [0.5, 0.6) is 0 Å². The van der Waals surface area contributed by atoms with Gasteiger partial charge in [-0.25, -0.2) is 14.4 Å². The number of hydrazone groups is 1. The monoisotopic (exact) mass is 470 g/mol. The van der Waals surface area contributed by atoms with Crippen molar-refractivity contribution in [1.29, 1.82) is 0 Å². The molecule has 150 valence electrons. The Morgan fingerprint density at radius 1 is 1.23 bits per heavy atom. The molecule has 30 heavy (non-hydrogen) atoms. The highest BCUT2D eigenvalue weighted by atomic mass is 79.9. The first-order chi connectivity index (χ1) is 14.5. The molecule has 0 saturated carbocycles. The van der Waals surface area contributed by atoms with Gasteiger partial charge in [0.1, 0.15) is 11.5 Å². The molecular formula is C18H12BrFN8O2. The van der Waals surface area contributed by atoms with E-state index < -0.39 is 11.7 Å². The third kappa shape index (κ3) is 3.80. The zero-order valence-electron chi connectivity index (χ0n) is 15.0. The van der Waals surface area contributed by atoms with Crippen LogP contribution in [0.15, 0.2) is 62.7 Å². The van der Waals surface area contributed by atoms with Gasteiger partial charge < -0.3 is 5.73 Å². The lowest BCUT2D eigenvalue weighted by Crippen LogP contribution is -2.19. The molecule has 0 saturated heterocycles. The summed E-state index contributed by atoms with van der Waals surface area (Å²) in [5.41, 5.74) is 9.16. The van der Waals surface area contributed by atoms with Gasteiger partial charge in [-0.1, -0.05) is 51.5 Å². The minimum Gasteiger partial charge on any atom is -0.378 e. The van der Waals surface area contributed by atoms with Crippen molar-refractivity contribution in [3.8, 4) is 17.1 Å². The average molecular weight is 471 g/mol. The summed E-state index contributed by atoms with van der Waals surface area (Å²) in [5, 5.41) is 18.9. The third-order valence-corrected chi connectivity index (χ3v) is 4.45. The number of aromatic nitrogens is 5. The number of hydrogen-bond donors (Lipinski definition) is 2. The molecule has 1 amide bonds. The van der Waals surface area contributed by atoms with Gasteiger partial charge in [-0.2, -0.15) is 9.78 Å². The predicted octanol–water partition coefficient (Wildman–Crippen LogP) is 2.57. The molecule has 12 heteroatoms. The largest absolute Gasteiger partial charge is 0.378 e. The highest BCUT2D eigenvalue weighted by Gasteiger charge is 2.24. The van der Waals surface area contributed by atoms with Crippen LogP contribution in [0.2, 0.25) is 0 Å². The summed E-state index contributed by atoms with van der Waals surface area (Å²) in [7, 11) is 0. The van der Waals surface area contributed by atoms with Crippen molar-refractivity contribution in [1.82, 2.24) is 30.7 Å². The number of carbonyl (C=O) groups excluding carboxylic acids is 1. The Bertz CT molecular complexity index is 1240. The summed E-state index contributed by atoms with van der Waals surface area (Å²) in [5.74, 6) is -1.09. The molecule has 2 aromatic heterocycles. The Balaban J connectivity index is 1.67. The standard InChI is InChI=1S/C18H12BrFN8O2/c19-12-7-6-11(13(20)8-12)9-22-24-18(29)14-15(10-4-2-1-3-5-10)28(27-23-14)17-16(21)25-30-26-17/h1-9H,(H2,21,25)(H,24,29)/b22-9+. The van der Waals surface area contributed by atoms with Crippen LogP contribution in [0.25, 0.3) is 17.1 Å². The van der Waals surface area contributed by atoms with Gasteiger partial charge in [0.25, 0.3) is 5.91 Å². The lowest BCUT2D eigenvalue weighted by Gasteiger charge is -2.05. The Hall–Kier alpha value is -3.93. The number of amides is 1. The van der Waals surface area contributed by atoms with Gasteiger partial charge in [-0.05, 0) is 28.5 Å². The SMILES string of the molecule is Nc1nonc1-n1nnc(C(=O)N/N=C/c2ccc(Br)cc2F)c1-c1ccccc1. The molecule has 4 aromatic rings. The minimum absolute atomic E-state index is 0.0206. The first kappa shape index (κ1) is 19.4. The quantitative estimate of drug-likeness (QED) is 0.337. The first-order valence-electron chi connectivity index (χ1n) is 8.42. The molecule has 4 rings (SSSR count). The van der Waals surface area contributed by atoms with E-state index in [-0.39, 0.29) is 22.9 Å². The fraction of sp³-hybridized carbons (Fsp3) is 0. The van der Waals surface area contributed by atoms with Crippen molar-refractivity contribution >= 4 is 33.9 Å². The predicted molar refractivity (Wildman–Crippen MR) is 108 cm³/mol. The van der Waals surface area contributed by atoms with Crippen LogP contribution >= 0.6 is 15.9 Å². The van der Waals surface area contributed by atoms with E-state index in [9.17, 15) is 9.18 Å². The Morgan fingerprint density at radius 3 is 2.73 bits per heavy atom. The molecule has 3 N–H and O–H groups in total. The van der Waals surface area contributed by atoms with E-state index >= 15 is 0 Å². The number of hydrogen-bond acceptors (Lipinski definition) is 8. The van der Waals surface area contributed by atoms with Crippen LogP contribution in [0.3, 0.4) is 0 Å². The van der Waals surface area contributed by atoms with E-state index in [0.717, 1.165) is 0 Å². The van der Waals surface area contributed by atoms with Crippen LogP contribution < -0.4 is 11.2 Å². The van der Waals surface area contributed by atoms with Crippen molar-refractivity contribution < 1.29 is 13.8 Å². The van der Waals surface area contributed by atoms with Gasteiger partial charge in [0, 0.05) is 15.6 Å². The molecule has 0 atom stereocenters. The molecule has 0 radical (unpaired) electrons. The van der Waals surface area contributed by atoms with Gasteiger partial charge in [0.15, 0.2) is 5.69 Å². The number of anilines is 1. The molecule has 0 aliphatic heterocycles. The second kappa shape index (κ2) is 8.21. The molecule has 0 fully saturated rings. The summed E-state index contributed by atoms with van der Waals surface area (Å²) in [6.07, 6.45) is 1.19. The van der Waals surface area contributed by atoms with Crippen LogP contribution in [-0.2, 0) is 0 Å². The van der Waals surface area contributed by atoms with Crippen molar-refractivity contribution in [3.63, 3.8) is 0 Å². The first-order valence-corrected chi connectivity index (χ1v) is 9.22. The Morgan fingerprint density at radius 2 is 2.03 bits per heavy atom. The van der Waals surface area contributed by atoms with E-state index in [1.165, 1.54) is 23.0 Å². The summed E-state index contributed by atoms with van der Waals surface area (Å²) >= 11 is 3.18. The minimum atomic E-state index is -0.663. The smallest absolute Gasteiger partial charge is 0.294 e. The Kier molecular flexibility index (Phi) is 5.30. The average Bonchev–Trinajstić information content (AvgIpc) is 3.36. The highest BCUT2D eigenvalue weighted by molar-refractivity contribution is 9.10. The number of nitrogen functional groups attached to an aromatic ring is 1. The number of benzene rings is 2. The van der Waals surface area contributed by atoms with Crippen molar-refractivity contribution in [2.75, 3.05) is 5.73 Å². The number of rotatable bonds is 5. The van der Waals surface area contributed by atoms with Crippen molar-refractivity contribution in [2.45, 2.75) is 0 Å².